The number of rotatable bonds is 18. The summed E-state index contributed by atoms with van der Waals surface area (Å²) in [6, 6.07) is 17.5. The third-order valence-corrected chi connectivity index (χ3v) is 10.5. The molecular formula is C50H62N2O6. The summed E-state index contributed by atoms with van der Waals surface area (Å²) in [5, 5.41) is 22.0. The molecule has 0 aliphatic heterocycles. The number of ether oxygens (including phenoxy) is 2. The van der Waals surface area contributed by atoms with E-state index in [2.05, 4.69) is 60.8 Å². The van der Waals surface area contributed by atoms with Gasteiger partial charge < -0.3 is 31.2 Å². The van der Waals surface area contributed by atoms with Gasteiger partial charge >= 0.3 is 0 Å². The average molecular weight is 787 g/mol. The lowest BCUT2D eigenvalue weighted by Crippen LogP contribution is -2.22. The molecule has 0 radical (unpaired) electrons. The lowest BCUT2D eigenvalue weighted by Gasteiger charge is -2.32. The number of aromatic hydroxyl groups is 2. The van der Waals surface area contributed by atoms with Gasteiger partial charge in [-0.1, -0.05) is 53.7 Å². The van der Waals surface area contributed by atoms with Crippen LogP contribution in [0.2, 0.25) is 0 Å². The number of hydrogen-bond acceptors (Lipinski definition) is 8. The number of phenols is 2. The summed E-state index contributed by atoms with van der Waals surface area (Å²) < 4.78 is 11.8. The molecule has 4 aromatic carbocycles. The Morgan fingerprint density at radius 3 is 1.47 bits per heavy atom. The van der Waals surface area contributed by atoms with Crippen molar-refractivity contribution in [3.63, 3.8) is 0 Å². The minimum atomic E-state index is -0.225. The molecule has 0 heterocycles. The summed E-state index contributed by atoms with van der Waals surface area (Å²) in [6.07, 6.45) is 12.6. The molecule has 8 heteroatoms. The van der Waals surface area contributed by atoms with Crippen LogP contribution >= 0.6 is 0 Å². The van der Waals surface area contributed by atoms with E-state index < -0.39 is 0 Å². The fraction of sp³-hybridized carbons (Fsp3) is 0.320. The molecule has 0 aliphatic carbocycles. The molecule has 8 nitrogen and oxygen atoms in total. The van der Waals surface area contributed by atoms with Crippen molar-refractivity contribution in [2.45, 2.75) is 91.9 Å². The zero-order valence-electron chi connectivity index (χ0n) is 35.6. The average Bonchev–Trinajstić information content (AvgIpc) is 3.20. The van der Waals surface area contributed by atoms with Gasteiger partial charge in [0, 0.05) is 33.6 Å². The van der Waals surface area contributed by atoms with Crippen LogP contribution in [0, 0.1) is 0 Å². The number of anilines is 2. The van der Waals surface area contributed by atoms with E-state index >= 15 is 0 Å². The van der Waals surface area contributed by atoms with Crippen molar-refractivity contribution in [2.24, 2.45) is 0 Å². The van der Waals surface area contributed by atoms with Crippen LogP contribution in [-0.2, 0) is 23.7 Å². The Labute approximate surface area is 345 Å². The fourth-order valence-electron chi connectivity index (χ4n) is 6.22. The molecule has 0 saturated carbocycles. The van der Waals surface area contributed by atoms with E-state index in [9.17, 15) is 19.8 Å². The maximum atomic E-state index is 12.7. The van der Waals surface area contributed by atoms with Gasteiger partial charge in [0.2, 0.25) is 0 Å². The molecule has 6 N–H and O–H groups in total. The first-order valence-electron chi connectivity index (χ1n) is 19.9. The number of nitrogen functional groups attached to an aromatic ring is 2. The van der Waals surface area contributed by atoms with Crippen molar-refractivity contribution in [3.05, 3.63) is 143 Å². The summed E-state index contributed by atoms with van der Waals surface area (Å²) >= 11 is 0. The third-order valence-electron chi connectivity index (χ3n) is 10.5. The van der Waals surface area contributed by atoms with Crippen molar-refractivity contribution in [3.8, 4) is 23.0 Å². The van der Waals surface area contributed by atoms with Crippen LogP contribution in [0.15, 0.2) is 98.1 Å². The minimum Gasteiger partial charge on any atom is -0.507 e. The highest BCUT2D eigenvalue weighted by molar-refractivity contribution is 6.08. The third kappa shape index (κ3) is 11.5. The standard InChI is InChI=1S/C27H37NO3.C23H25NO3/c1-8-26(4,5)21-17-22(27(6,7)9-2)25(31-10-3)20(24(21)30)15-16-23(29)18-11-13-19(28)14-12-18;1-4-7-17-15-18(8-5-2)23(27-6-3)20(22(17)26)13-14-21(25)16-9-11-19(24)12-10-16/h11-17,30H,8-10,28H2,1-7H3;4-5,9-15,26H,1-2,6-8,24H2,3H3/b16-15+;14-13+. The predicted molar refractivity (Wildman–Crippen MR) is 241 cm³/mol. The summed E-state index contributed by atoms with van der Waals surface area (Å²) in [6.45, 7) is 25.1. The van der Waals surface area contributed by atoms with E-state index in [0.29, 0.717) is 71.2 Å². The normalized spacial score (nSPS) is 11.6. The number of nitrogens with two attached hydrogens (primary N) is 2. The molecule has 4 rings (SSSR count). The van der Waals surface area contributed by atoms with Crippen LogP contribution in [0.5, 0.6) is 23.0 Å². The number of ketones is 2. The zero-order valence-corrected chi connectivity index (χ0v) is 35.6. The molecule has 4 aromatic rings. The molecule has 0 amide bonds. The fourth-order valence-corrected chi connectivity index (χ4v) is 6.22. The number of carbonyl (C=O) groups is 2. The van der Waals surface area contributed by atoms with E-state index in [1.807, 2.05) is 19.9 Å². The summed E-state index contributed by atoms with van der Waals surface area (Å²) in [4.78, 5) is 25.2. The highest BCUT2D eigenvalue weighted by Crippen LogP contribution is 2.47. The van der Waals surface area contributed by atoms with Crippen LogP contribution in [0.1, 0.15) is 122 Å². The molecule has 58 heavy (non-hydrogen) atoms. The van der Waals surface area contributed by atoms with Crippen LogP contribution in [0.3, 0.4) is 0 Å². The van der Waals surface area contributed by atoms with Crippen molar-refractivity contribution in [1.82, 2.24) is 0 Å². The number of phenolic OH excluding ortho intramolecular Hbond substituents is 2. The Balaban J connectivity index is 0.000000313. The van der Waals surface area contributed by atoms with Gasteiger partial charge in [0.15, 0.2) is 11.6 Å². The SMILES string of the molecule is C=CCc1cc(CC=C)c(OCC)c(/C=C/C(=O)c2ccc(N)cc2)c1O.CCOc1c(C(C)(C)CC)cc(C(C)(C)CC)c(O)c1/C=C/C(=O)c1ccc(N)cc1. The molecule has 0 spiro atoms. The van der Waals surface area contributed by atoms with Crippen molar-refractivity contribution >= 4 is 35.1 Å². The summed E-state index contributed by atoms with van der Waals surface area (Å²) in [5.74, 6) is 1.13. The quantitative estimate of drug-likeness (QED) is 0.0337. The van der Waals surface area contributed by atoms with Gasteiger partial charge in [-0.3, -0.25) is 9.59 Å². The summed E-state index contributed by atoms with van der Waals surface area (Å²) in [5.41, 5.74) is 17.9. The van der Waals surface area contributed by atoms with Crippen molar-refractivity contribution in [2.75, 3.05) is 24.7 Å². The monoisotopic (exact) mass is 786 g/mol. The van der Waals surface area contributed by atoms with Gasteiger partial charge in [0.25, 0.3) is 0 Å². The van der Waals surface area contributed by atoms with Gasteiger partial charge in [0.05, 0.1) is 24.3 Å². The first kappa shape index (κ1) is 46.4. The van der Waals surface area contributed by atoms with Crippen molar-refractivity contribution in [1.29, 1.82) is 0 Å². The van der Waals surface area contributed by atoms with Crippen LogP contribution < -0.4 is 20.9 Å². The Hall–Kier alpha value is -6.02. The molecule has 0 aliphatic rings. The highest BCUT2D eigenvalue weighted by Gasteiger charge is 2.32. The van der Waals surface area contributed by atoms with E-state index in [1.54, 1.807) is 72.8 Å². The topological polar surface area (TPSA) is 145 Å². The first-order chi connectivity index (χ1) is 27.5. The Kier molecular flexibility index (Phi) is 16.7. The second-order valence-electron chi connectivity index (χ2n) is 15.3. The molecule has 0 aromatic heterocycles. The maximum absolute atomic E-state index is 12.7. The highest BCUT2D eigenvalue weighted by atomic mass is 16.5. The first-order valence-corrected chi connectivity index (χ1v) is 19.9. The van der Waals surface area contributed by atoms with Crippen LogP contribution in [-0.4, -0.2) is 35.0 Å². The Morgan fingerprint density at radius 2 is 1.03 bits per heavy atom. The number of carbonyl (C=O) groups excluding carboxylic acids is 2. The van der Waals surface area contributed by atoms with Crippen molar-refractivity contribution < 1.29 is 29.3 Å². The van der Waals surface area contributed by atoms with Gasteiger partial charge in [-0.2, -0.15) is 0 Å². The Morgan fingerprint density at radius 1 is 0.621 bits per heavy atom. The van der Waals surface area contributed by atoms with E-state index in [1.165, 1.54) is 12.2 Å². The van der Waals surface area contributed by atoms with Crippen LogP contribution in [0.4, 0.5) is 11.4 Å². The van der Waals surface area contributed by atoms with E-state index in [0.717, 1.165) is 35.1 Å². The summed E-state index contributed by atoms with van der Waals surface area (Å²) in [7, 11) is 0. The second-order valence-corrected chi connectivity index (χ2v) is 15.3. The second kappa shape index (κ2) is 20.9. The lowest BCUT2D eigenvalue weighted by atomic mass is 9.74. The van der Waals surface area contributed by atoms with Gasteiger partial charge in [-0.15, -0.1) is 13.2 Å². The largest absolute Gasteiger partial charge is 0.507 e. The number of hydrogen-bond donors (Lipinski definition) is 4. The minimum absolute atomic E-state index is 0.0903. The van der Waals surface area contributed by atoms with Crippen LogP contribution in [0.25, 0.3) is 12.2 Å². The van der Waals surface area contributed by atoms with Gasteiger partial charge in [-0.05, 0) is 146 Å². The molecule has 0 saturated heterocycles. The lowest BCUT2D eigenvalue weighted by molar-refractivity contribution is 0.103. The number of allylic oxidation sites excluding steroid dienone is 4. The molecule has 0 fully saturated rings. The molecule has 0 bridgehead atoms. The van der Waals surface area contributed by atoms with Gasteiger partial charge in [-0.25, -0.2) is 0 Å². The smallest absolute Gasteiger partial charge is 0.185 e. The molecule has 0 atom stereocenters. The number of benzene rings is 4. The van der Waals surface area contributed by atoms with E-state index in [-0.39, 0.29) is 33.9 Å². The predicted octanol–water partition coefficient (Wildman–Crippen LogP) is 11.4. The Bertz CT molecular complexity index is 2120. The molecule has 0 unspecified atom stereocenters. The van der Waals surface area contributed by atoms with E-state index in [4.69, 9.17) is 20.9 Å². The zero-order chi connectivity index (χ0) is 43.2. The molecular weight excluding hydrogens is 725 g/mol. The van der Waals surface area contributed by atoms with Gasteiger partial charge in [0.1, 0.15) is 23.0 Å². The maximum Gasteiger partial charge on any atom is 0.185 e. The molecule has 308 valence electrons.